The Hall–Kier alpha value is -1.78. The number of ether oxygens (including phenoxy) is 2. The molecule has 3 aliphatic rings. The molecule has 0 unspecified atom stereocenters. The van der Waals surface area contributed by atoms with Crippen LogP contribution in [0.5, 0.6) is 11.5 Å². The van der Waals surface area contributed by atoms with Crippen LogP contribution < -0.4 is 9.47 Å². The molecule has 1 aromatic rings. The second-order valence-electron chi connectivity index (χ2n) is 5.60. The van der Waals surface area contributed by atoms with Gasteiger partial charge in [-0.05, 0) is 12.1 Å². The normalized spacial score (nSPS) is 21.9. The molecular formula is C14H14N2O6S2. The molecule has 1 aromatic carbocycles. The van der Waals surface area contributed by atoms with Gasteiger partial charge in [-0.15, -0.1) is 0 Å². The Kier molecular flexibility index (Phi) is 3.70. The van der Waals surface area contributed by atoms with Crippen molar-refractivity contribution in [1.29, 1.82) is 0 Å². The number of imide groups is 1. The second kappa shape index (κ2) is 5.64. The Morgan fingerprint density at radius 1 is 1.08 bits per heavy atom. The number of sulfonamides is 1. The number of benzene rings is 1. The maximum Gasteiger partial charge on any atom is 0.289 e. The lowest BCUT2D eigenvalue weighted by molar-refractivity contribution is -0.127. The van der Waals surface area contributed by atoms with Crippen molar-refractivity contribution in [3.8, 4) is 11.5 Å². The minimum Gasteiger partial charge on any atom is -0.486 e. The fourth-order valence-corrected chi connectivity index (χ4v) is 5.13. The van der Waals surface area contributed by atoms with Gasteiger partial charge in [0.2, 0.25) is 15.9 Å². The molecule has 0 radical (unpaired) electrons. The molecule has 0 bridgehead atoms. The highest BCUT2D eigenvalue weighted by Crippen LogP contribution is 2.35. The minimum atomic E-state index is -3.69. The smallest absolute Gasteiger partial charge is 0.289 e. The summed E-state index contributed by atoms with van der Waals surface area (Å²) in [6.45, 7) is 1.05. The lowest BCUT2D eigenvalue weighted by Gasteiger charge is -2.41. The lowest BCUT2D eigenvalue weighted by atomic mass is 10.1. The average molecular weight is 370 g/mol. The summed E-state index contributed by atoms with van der Waals surface area (Å²) in [7, 11) is -3.69. The zero-order chi connectivity index (χ0) is 16.9. The van der Waals surface area contributed by atoms with Crippen molar-refractivity contribution in [3.63, 3.8) is 0 Å². The first kappa shape index (κ1) is 15.7. The third kappa shape index (κ3) is 2.45. The molecule has 2 amide bonds. The van der Waals surface area contributed by atoms with Crippen LogP contribution in [0.25, 0.3) is 0 Å². The van der Waals surface area contributed by atoms with E-state index in [1.165, 1.54) is 21.3 Å². The summed E-state index contributed by atoms with van der Waals surface area (Å²) in [6.07, 6.45) is 0. The molecule has 3 heterocycles. The van der Waals surface area contributed by atoms with Gasteiger partial charge in [0.15, 0.2) is 11.5 Å². The highest BCUT2D eigenvalue weighted by Gasteiger charge is 2.46. The minimum absolute atomic E-state index is 0.110. The largest absolute Gasteiger partial charge is 0.486 e. The molecule has 0 atom stereocenters. The van der Waals surface area contributed by atoms with Crippen LogP contribution in [-0.4, -0.2) is 66.9 Å². The SMILES string of the molecule is O=C1CSC(=O)N1C1CN(S(=O)(=O)c2ccc3c(c2)OCCO3)C1. The van der Waals surface area contributed by atoms with Gasteiger partial charge in [-0.25, -0.2) is 8.42 Å². The molecule has 128 valence electrons. The highest BCUT2D eigenvalue weighted by atomic mass is 32.2. The van der Waals surface area contributed by atoms with E-state index < -0.39 is 10.0 Å². The fraction of sp³-hybridized carbons (Fsp3) is 0.429. The zero-order valence-corrected chi connectivity index (χ0v) is 14.1. The van der Waals surface area contributed by atoms with Gasteiger partial charge >= 0.3 is 0 Å². The van der Waals surface area contributed by atoms with Crippen LogP contribution in [0.3, 0.4) is 0 Å². The van der Waals surface area contributed by atoms with E-state index in [4.69, 9.17) is 9.47 Å². The van der Waals surface area contributed by atoms with Crippen LogP contribution in [0.4, 0.5) is 4.79 Å². The van der Waals surface area contributed by atoms with Crippen molar-refractivity contribution >= 4 is 32.9 Å². The van der Waals surface area contributed by atoms with E-state index in [1.807, 2.05) is 0 Å². The second-order valence-corrected chi connectivity index (χ2v) is 8.46. The predicted octanol–water partition coefficient (Wildman–Crippen LogP) is 0.526. The van der Waals surface area contributed by atoms with E-state index in [1.54, 1.807) is 6.07 Å². The quantitative estimate of drug-likeness (QED) is 0.766. The van der Waals surface area contributed by atoms with Crippen molar-refractivity contribution in [2.75, 3.05) is 32.1 Å². The molecule has 8 nitrogen and oxygen atoms in total. The summed E-state index contributed by atoms with van der Waals surface area (Å²) in [5.41, 5.74) is 0. The molecule has 2 fully saturated rings. The van der Waals surface area contributed by atoms with Crippen LogP contribution in [0.15, 0.2) is 23.1 Å². The molecule has 0 spiro atoms. The molecule has 24 heavy (non-hydrogen) atoms. The van der Waals surface area contributed by atoms with Crippen molar-refractivity contribution in [2.24, 2.45) is 0 Å². The number of nitrogens with zero attached hydrogens (tertiary/aromatic N) is 2. The van der Waals surface area contributed by atoms with Gasteiger partial charge < -0.3 is 9.47 Å². The Morgan fingerprint density at radius 2 is 1.79 bits per heavy atom. The molecule has 0 saturated carbocycles. The fourth-order valence-electron chi connectivity index (χ4n) is 2.83. The number of rotatable bonds is 3. The summed E-state index contributed by atoms with van der Waals surface area (Å²) in [5.74, 6) is 0.795. The highest BCUT2D eigenvalue weighted by molar-refractivity contribution is 8.14. The summed E-state index contributed by atoms with van der Waals surface area (Å²) < 4.78 is 37.4. The standard InChI is InChI=1S/C14H14N2O6S2/c17-13-8-23-14(18)16(13)9-6-15(7-9)24(19,20)10-1-2-11-12(5-10)22-4-3-21-11/h1-2,5,9H,3-4,6-8H2. The molecular weight excluding hydrogens is 356 g/mol. The van der Waals surface area contributed by atoms with Crippen LogP contribution >= 0.6 is 11.8 Å². The zero-order valence-electron chi connectivity index (χ0n) is 12.5. The van der Waals surface area contributed by atoms with E-state index in [0.717, 1.165) is 11.8 Å². The Balaban J connectivity index is 1.51. The van der Waals surface area contributed by atoms with Crippen LogP contribution in [0.1, 0.15) is 0 Å². The molecule has 3 aliphatic heterocycles. The van der Waals surface area contributed by atoms with E-state index in [2.05, 4.69) is 0 Å². The van der Waals surface area contributed by atoms with Crippen molar-refractivity contribution in [1.82, 2.24) is 9.21 Å². The topological polar surface area (TPSA) is 93.2 Å². The predicted molar refractivity (Wildman–Crippen MR) is 84.7 cm³/mol. The molecule has 0 aliphatic carbocycles. The number of hydrogen-bond acceptors (Lipinski definition) is 7. The van der Waals surface area contributed by atoms with Gasteiger partial charge in [0.1, 0.15) is 13.2 Å². The summed E-state index contributed by atoms with van der Waals surface area (Å²) in [6, 6.07) is 4.10. The van der Waals surface area contributed by atoms with Crippen LogP contribution in [0.2, 0.25) is 0 Å². The molecule has 0 N–H and O–H groups in total. The maximum absolute atomic E-state index is 12.7. The number of fused-ring (bicyclic) bond motifs is 1. The van der Waals surface area contributed by atoms with Gasteiger partial charge in [-0.3, -0.25) is 14.5 Å². The first-order chi connectivity index (χ1) is 11.5. The number of thioether (sulfide) groups is 1. The van der Waals surface area contributed by atoms with E-state index in [0.29, 0.717) is 24.7 Å². The Morgan fingerprint density at radius 3 is 2.46 bits per heavy atom. The Bertz CT molecular complexity index is 803. The van der Waals surface area contributed by atoms with E-state index >= 15 is 0 Å². The molecule has 4 rings (SSSR count). The van der Waals surface area contributed by atoms with Gasteiger partial charge in [-0.2, -0.15) is 4.31 Å². The lowest BCUT2D eigenvalue weighted by Crippen LogP contribution is -2.61. The van der Waals surface area contributed by atoms with Gasteiger partial charge in [0.25, 0.3) is 5.24 Å². The van der Waals surface area contributed by atoms with Crippen molar-refractivity contribution in [3.05, 3.63) is 18.2 Å². The van der Waals surface area contributed by atoms with Gasteiger partial charge in [0, 0.05) is 19.2 Å². The van der Waals surface area contributed by atoms with Crippen LogP contribution in [-0.2, 0) is 14.8 Å². The van der Waals surface area contributed by atoms with Crippen molar-refractivity contribution < 1.29 is 27.5 Å². The average Bonchev–Trinajstić information content (AvgIpc) is 2.85. The van der Waals surface area contributed by atoms with Gasteiger partial charge in [-0.1, -0.05) is 11.8 Å². The van der Waals surface area contributed by atoms with Crippen molar-refractivity contribution in [2.45, 2.75) is 10.9 Å². The molecule has 0 aromatic heterocycles. The molecule has 10 heteroatoms. The third-order valence-corrected chi connectivity index (χ3v) is 6.79. The molecule has 2 saturated heterocycles. The summed E-state index contributed by atoms with van der Waals surface area (Å²) in [5, 5.41) is -0.304. The number of carbonyl (C=O) groups is 2. The monoisotopic (exact) mass is 370 g/mol. The number of hydrogen-bond donors (Lipinski definition) is 0. The van der Waals surface area contributed by atoms with E-state index in [9.17, 15) is 18.0 Å². The number of carbonyl (C=O) groups excluding carboxylic acids is 2. The first-order valence-electron chi connectivity index (χ1n) is 7.35. The third-order valence-electron chi connectivity index (χ3n) is 4.13. The van der Waals surface area contributed by atoms with Crippen LogP contribution in [0, 0.1) is 0 Å². The first-order valence-corrected chi connectivity index (χ1v) is 9.78. The summed E-state index contributed by atoms with van der Waals surface area (Å²) in [4.78, 5) is 24.6. The number of amides is 2. The maximum atomic E-state index is 12.7. The van der Waals surface area contributed by atoms with E-state index in [-0.39, 0.29) is 40.9 Å². The summed E-state index contributed by atoms with van der Waals surface area (Å²) >= 11 is 0.951. The Labute approximate surface area is 142 Å². The van der Waals surface area contributed by atoms with Gasteiger partial charge in [0.05, 0.1) is 16.7 Å².